The van der Waals surface area contributed by atoms with Gasteiger partial charge in [-0.25, -0.2) is 4.79 Å². The zero-order valence-corrected chi connectivity index (χ0v) is 11.9. The number of aliphatic carboxylic acids is 1. The molecule has 9 heteroatoms. The fourth-order valence-electron chi connectivity index (χ4n) is 1.69. The lowest BCUT2D eigenvalue weighted by Crippen LogP contribution is -2.26. The van der Waals surface area contributed by atoms with Crippen molar-refractivity contribution < 1.29 is 24.6 Å². The first-order chi connectivity index (χ1) is 10.5. The maximum atomic E-state index is 11.5. The van der Waals surface area contributed by atoms with Gasteiger partial charge < -0.3 is 15.5 Å². The lowest BCUT2D eigenvalue weighted by Gasteiger charge is -1.98. The van der Waals surface area contributed by atoms with E-state index in [0.29, 0.717) is 5.56 Å². The number of rotatable bonds is 5. The van der Waals surface area contributed by atoms with Gasteiger partial charge in [0.25, 0.3) is 0 Å². The van der Waals surface area contributed by atoms with Gasteiger partial charge in [0.2, 0.25) is 5.91 Å². The highest BCUT2D eigenvalue weighted by Gasteiger charge is 2.32. The Bertz CT molecular complexity index is 686. The summed E-state index contributed by atoms with van der Waals surface area (Å²) in [4.78, 5) is 33.1. The van der Waals surface area contributed by atoms with Crippen LogP contribution in [0.15, 0.2) is 34.5 Å². The van der Waals surface area contributed by atoms with Gasteiger partial charge in [0, 0.05) is 5.56 Å². The van der Waals surface area contributed by atoms with Crippen molar-refractivity contribution in [1.82, 2.24) is 5.32 Å². The Labute approximate surface area is 128 Å². The number of benzene rings is 1. The molecule has 0 aromatic heterocycles. The van der Waals surface area contributed by atoms with Crippen LogP contribution in [0, 0.1) is 0 Å². The van der Waals surface area contributed by atoms with Crippen LogP contribution in [0.1, 0.15) is 22.3 Å². The zero-order valence-electron chi connectivity index (χ0n) is 11.1. The monoisotopic (exact) mass is 321 g/mol. The Kier molecular flexibility index (Phi) is 4.89. The maximum Gasteiger partial charge on any atom is 0.336 e. The summed E-state index contributed by atoms with van der Waals surface area (Å²) in [6.45, 7) is 0. The molecule has 0 bridgehead atoms. The molecule has 1 aromatic carbocycles. The molecule has 8 nitrogen and oxygen atoms in total. The predicted octanol–water partition coefficient (Wildman–Crippen LogP) is 0.781. The number of carbonyl (C=O) groups is 3. The van der Waals surface area contributed by atoms with E-state index in [0.717, 1.165) is 11.8 Å². The number of nitrogens with zero attached hydrogens (tertiary/aromatic N) is 2. The highest BCUT2D eigenvalue weighted by Crippen LogP contribution is 2.22. The summed E-state index contributed by atoms with van der Waals surface area (Å²) in [6, 6.07) is 6.26. The van der Waals surface area contributed by atoms with Crippen molar-refractivity contribution in [3.8, 4) is 0 Å². The number of nitrogens with one attached hydrogen (secondary N) is 1. The quantitative estimate of drug-likeness (QED) is 0.543. The summed E-state index contributed by atoms with van der Waals surface area (Å²) in [6.07, 6.45) is 0.953. The standard InChI is InChI=1S/C13H11N3O5S/c17-10(18)5-9-11(19)15-13(22-9)16-14-6-7-3-1-2-4-8(7)12(20)21/h1-4,6,9H,5H2,(H,17,18)(H,20,21)(H,15,16,19). The average Bonchev–Trinajstić information content (AvgIpc) is 2.78. The van der Waals surface area contributed by atoms with Gasteiger partial charge in [0.05, 0.1) is 18.2 Å². The van der Waals surface area contributed by atoms with Crippen molar-refractivity contribution >= 4 is 41.0 Å². The number of carbonyl (C=O) groups excluding carboxylic acids is 1. The van der Waals surface area contributed by atoms with Gasteiger partial charge in [-0.15, -0.1) is 5.10 Å². The molecule has 3 N–H and O–H groups in total. The van der Waals surface area contributed by atoms with Crippen LogP contribution in [-0.4, -0.2) is 44.7 Å². The first kappa shape index (κ1) is 15.7. The Hall–Kier alpha value is -2.68. The minimum Gasteiger partial charge on any atom is -0.481 e. The summed E-state index contributed by atoms with van der Waals surface area (Å²) < 4.78 is 0. The van der Waals surface area contributed by atoms with Crippen LogP contribution in [-0.2, 0) is 9.59 Å². The number of amidine groups is 1. The van der Waals surface area contributed by atoms with E-state index in [1.54, 1.807) is 18.2 Å². The molecule has 1 unspecified atom stereocenters. The Morgan fingerprint density at radius 1 is 1.32 bits per heavy atom. The number of hydrogen-bond acceptors (Lipinski definition) is 6. The molecule has 114 valence electrons. The fourth-order valence-corrected chi connectivity index (χ4v) is 2.61. The molecule has 0 aliphatic carbocycles. The van der Waals surface area contributed by atoms with E-state index in [4.69, 9.17) is 10.2 Å². The maximum absolute atomic E-state index is 11.5. The third-order valence-electron chi connectivity index (χ3n) is 2.67. The molecule has 1 saturated heterocycles. The van der Waals surface area contributed by atoms with Crippen molar-refractivity contribution in [3.63, 3.8) is 0 Å². The van der Waals surface area contributed by atoms with Crippen LogP contribution >= 0.6 is 11.8 Å². The summed E-state index contributed by atoms with van der Waals surface area (Å²) >= 11 is 0.971. The van der Waals surface area contributed by atoms with E-state index in [9.17, 15) is 14.4 Å². The average molecular weight is 321 g/mol. The van der Waals surface area contributed by atoms with Crippen LogP contribution < -0.4 is 5.32 Å². The van der Waals surface area contributed by atoms with E-state index in [1.807, 2.05) is 0 Å². The van der Waals surface area contributed by atoms with Crippen molar-refractivity contribution in [2.75, 3.05) is 0 Å². The molecule has 1 heterocycles. The lowest BCUT2D eigenvalue weighted by atomic mass is 10.1. The summed E-state index contributed by atoms with van der Waals surface area (Å²) in [5.74, 6) is -2.60. The lowest BCUT2D eigenvalue weighted by molar-refractivity contribution is -0.138. The summed E-state index contributed by atoms with van der Waals surface area (Å²) in [7, 11) is 0. The van der Waals surface area contributed by atoms with Gasteiger partial charge in [-0.1, -0.05) is 30.0 Å². The van der Waals surface area contributed by atoms with Crippen molar-refractivity contribution in [3.05, 3.63) is 35.4 Å². The number of carboxylic acid groups (broad SMARTS) is 2. The van der Waals surface area contributed by atoms with Gasteiger partial charge >= 0.3 is 11.9 Å². The predicted molar refractivity (Wildman–Crippen MR) is 80.2 cm³/mol. The largest absolute Gasteiger partial charge is 0.481 e. The molecule has 1 atom stereocenters. The van der Waals surface area contributed by atoms with Crippen LogP contribution in [0.25, 0.3) is 0 Å². The molecule has 0 saturated carbocycles. The third kappa shape index (κ3) is 3.92. The second kappa shape index (κ2) is 6.85. The Morgan fingerprint density at radius 3 is 2.73 bits per heavy atom. The molecule has 1 amide bonds. The minimum absolute atomic E-state index is 0.0818. The molecule has 22 heavy (non-hydrogen) atoms. The SMILES string of the molecule is O=C(O)CC1SC(=NN=Cc2ccccc2C(=O)O)NC1=O. The molecule has 1 fully saturated rings. The van der Waals surface area contributed by atoms with E-state index < -0.39 is 23.1 Å². The number of carboxylic acids is 2. The van der Waals surface area contributed by atoms with Gasteiger partial charge in [-0.3, -0.25) is 9.59 Å². The highest BCUT2D eigenvalue weighted by atomic mass is 32.2. The molecule has 2 rings (SSSR count). The second-order valence-corrected chi connectivity index (χ2v) is 5.43. The van der Waals surface area contributed by atoms with Crippen molar-refractivity contribution in [2.45, 2.75) is 11.7 Å². The zero-order chi connectivity index (χ0) is 16.1. The van der Waals surface area contributed by atoms with Gasteiger partial charge in [-0.2, -0.15) is 5.10 Å². The first-order valence-electron chi connectivity index (χ1n) is 6.10. The molecular formula is C13H11N3O5S. The first-order valence-corrected chi connectivity index (χ1v) is 6.98. The van der Waals surface area contributed by atoms with Gasteiger partial charge in [-0.05, 0) is 6.07 Å². The van der Waals surface area contributed by atoms with Crippen LogP contribution in [0.3, 0.4) is 0 Å². The number of hydrogen-bond donors (Lipinski definition) is 3. The summed E-state index contributed by atoms with van der Waals surface area (Å²) in [5, 5.41) is 27.0. The second-order valence-electron chi connectivity index (χ2n) is 4.24. The van der Waals surface area contributed by atoms with Crippen LogP contribution in [0.5, 0.6) is 0 Å². The van der Waals surface area contributed by atoms with Crippen LogP contribution in [0.4, 0.5) is 0 Å². The minimum atomic E-state index is -1.08. The Morgan fingerprint density at radius 2 is 2.05 bits per heavy atom. The number of amides is 1. The van der Waals surface area contributed by atoms with E-state index >= 15 is 0 Å². The Balaban J connectivity index is 2.08. The van der Waals surface area contributed by atoms with Crippen LogP contribution in [0.2, 0.25) is 0 Å². The molecule has 1 aliphatic heterocycles. The van der Waals surface area contributed by atoms with E-state index in [-0.39, 0.29) is 17.2 Å². The van der Waals surface area contributed by atoms with Gasteiger partial charge in [0.1, 0.15) is 5.25 Å². The molecular weight excluding hydrogens is 310 g/mol. The third-order valence-corrected chi connectivity index (χ3v) is 3.75. The van der Waals surface area contributed by atoms with Crippen molar-refractivity contribution in [2.24, 2.45) is 10.2 Å². The molecule has 0 spiro atoms. The fraction of sp³-hybridized carbons (Fsp3) is 0.154. The summed E-state index contributed by atoms with van der Waals surface area (Å²) in [5.41, 5.74) is 0.453. The van der Waals surface area contributed by atoms with E-state index in [2.05, 4.69) is 15.5 Å². The topological polar surface area (TPSA) is 128 Å². The number of thioether (sulfide) groups is 1. The number of aromatic carboxylic acids is 1. The highest BCUT2D eigenvalue weighted by molar-refractivity contribution is 8.15. The molecule has 1 aliphatic rings. The molecule has 0 radical (unpaired) electrons. The van der Waals surface area contributed by atoms with E-state index in [1.165, 1.54) is 12.3 Å². The van der Waals surface area contributed by atoms with Gasteiger partial charge in [0.15, 0.2) is 5.17 Å². The van der Waals surface area contributed by atoms with Crippen molar-refractivity contribution in [1.29, 1.82) is 0 Å². The smallest absolute Gasteiger partial charge is 0.336 e. The molecule has 1 aromatic rings. The normalized spacial score (nSPS) is 19.5.